The fourth-order valence-corrected chi connectivity index (χ4v) is 1.36. The van der Waals surface area contributed by atoms with Crippen LogP contribution in [0.2, 0.25) is 5.02 Å². The van der Waals surface area contributed by atoms with Gasteiger partial charge in [0.2, 0.25) is 0 Å². The van der Waals surface area contributed by atoms with Crippen LogP contribution in [0.4, 0.5) is 0 Å². The summed E-state index contributed by atoms with van der Waals surface area (Å²) < 4.78 is 25.6. The number of benzene rings is 1. The van der Waals surface area contributed by atoms with Gasteiger partial charge in [0.1, 0.15) is 7.11 Å². The van der Waals surface area contributed by atoms with E-state index in [1.807, 2.05) is 0 Å². The maximum atomic E-state index is 10.9. The first kappa shape index (κ1) is 9.51. The molecule has 1 aromatic rings. The summed E-state index contributed by atoms with van der Waals surface area (Å²) in [6.45, 7) is 0. The van der Waals surface area contributed by atoms with Gasteiger partial charge in [-0.15, -0.1) is 0 Å². The fourth-order valence-electron chi connectivity index (χ4n) is 0.657. The molecule has 0 unspecified atom stereocenters. The van der Waals surface area contributed by atoms with Crippen molar-refractivity contribution in [1.29, 1.82) is 0 Å². The van der Waals surface area contributed by atoms with Crippen molar-refractivity contribution < 1.29 is 12.6 Å². The van der Waals surface area contributed by atoms with Crippen molar-refractivity contribution in [2.75, 3.05) is 0 Å². The topological polar surface area (TPSA) is 43.4 Å². The molecular formula is C7H5ClO3S. The van der Waals surface area contributed by atoms with E-state index in [2.05, 4.69) is 11.3 Å². The molecule has 0 aromatic heterocycles. The van der Waals surface area contributed by atoms with Crippen LogP contribution >= 0.6 is 11.6 Å². The van der Waals surface area contributed by atoms with E-state index in [4.69, 9.17) is 11.6 Å². The van der Waals surface area contributed by atoms with E-state index in [1.54, 1.807) is 0 Å². The van der Waals surface area contributed by atoms with Crippen LogP contribution in [0.1, 0.15) is 0 Å². The lowest BCUT2D eigenvalue weighted by atomic mass is 10.4. The van der Waals surface area contributed by atoms with Crippen LogP contribution in [0, 0.1) is 7.11 Å². The predicted octanol–water partition coefficient (Wildman–Crippen LogP) is 1.71. The zero-order chi connectivity index (χ0) is 9.19. The van der Waals surface area contributed by atoms with E-state index in [9.17, 15) is 8.42 Å². The summed E-state index contributed by atoms with van der Waals surface area (Å²) in [4.78, 5) is -0.0191. The van der Waals surface area contributed by atoms with Gasteiger partial charge in [-0.3, -0.25) is 4.18 Å². The summed E-state index contributed by atoms with van der Waals surface area (Å²) >= 11 is 5.54. The Labute approximate surface area is 76.0 Å². The van der Waals surface area contributed by atoms with Crippen LogP contribution in [0.25, 0.3) is 0 Å². The highest BCUT2D eigenvalue weighted by atomic mass is 35.5. The van der Waals surface area contributed by atoms with E-state index in [1.165, 1.54) is 24.3 Å². The summed E-state index contributed by atoms with van der Waals surface area (Å²) in [5.74, 6) is 0. The van der Waals surface area contributed by atoms with Gasteiger partial charge in [0.25, 0.3) is 10.1 Å². The number of rotatable bonds is 2. The average Bonchev–Trinajstić information content (AvgIpc) is 2.05. The van der Waals surface area contributed by atoms with Crippen LogP contribution in [0.5, 0.6) is 0 Å². The first-order valence-electron chi connectivity index (χ1n) is 2.95. The minimum atomic E-state index is -3.80. The smallest absolute Gasteiger partial charge is 0.257 e. The van der Waals surface area contributed by atoms with Crippen molar-refractivity contribution in [3.05, 3.63) is 36.4 Å². The Morgan fingerprint density at radius 2 is 1.75 bits per heavy atom. The monoisotopic (exact) mass is 204 g/mol. The first-order valence-corrected chi connectivity index (χ1v) is 4.74. The molecule has 0 aliphatic carbocycles. The maximum Gasteiger partial charge on any atom is 0.297 e. The number of halogens is 1. The highest BCUT2D eigenvalue weighted by molar-refractivity contribution is 7.86. The molecule has 0 saturated carbocycles. The highest BCUT2D eigenvalue weighted by Crippen LogP contribution is 2.15. The lowest BCUT2D eigenvalue weighted by Crippen LogP contribution is -2.00. The van der Waals surface area contributed by atoms with Gasteiger partial charge in [-0.1, -0.05) is 11.6 Å². The van der Waals surface area contributed by atoms with E-state index in [-0.39, 0.29) is 4.90 Å². The number of hydrogen-bond acceptors (Lipinski definition) is 3. The lowest BCUT2D eigenvalue weighted by molar-refractivity contribution is 0.438. The van der Waals surface area contributed by atoms with Crippen molar-refractivity contribution in [3.63, 3.8) is 0 Å². The lowest BCUT2D eigenvalue weighted by Gasteiger charge is -1.99. The molecule has 0 fully saturated rings. The Balaban J connectivity index is 3.14. The second-order valence-electron chi connectivity index (χ2n) is 2.00. The zero-order valence-corrected chi connectivity index (χ0v) is 7.47. The van der Waals surface area contributed by atoms with E-state index >= 15 is 0 Å². The summed E-state index contributed by atoms with van der Waals surface area (Å²) in [7, 11) is 0.760. The van der Waals surface area contributed by atoms with Crippen molar-refractivity contribution >= 4 is 21.7 Å². The number of hydrogen-bond donors (Lipinski definition) is 0. The second kappa shape index (κ2) is 3.43. The van der Waals surface area contributed by atoms with E-state index in [0.717, 1.165) is 0 Å². The fraction of sp³-hybridized carbons (Fsp3) is 0. The Morgan fingerprint density at radius 3 is 2.17 bits per heavy atom. The van der Waals surface area contributed by atoms with Crippen LogP contribution in [-0.4, -0.2) is 8.42 Å². The van der Waals surface area contributed by atoms with E-state index in [0.29, 0.717) is 5.02 Å². The van der Waals surface area contributed by atoms with Crippen molar-refractivity contribution in [3.8, 4) is 0 Å². The molecule has 0 spiro atoms. The summed E-state index contributed by atoms with van der Waals surface area (Å²) in [6.07, 6.45) is 0. The van der Waals surface area contributed by atoms with Gasteiger partial charge >= 0.3 is 0 Å². The van der Waals surface area contributed by atoms with Gasteiger partial charge in [-0.05, 0) is 24.3 Å². The maximum absolute atomic E-state index is 10.9. The summed E-state index contributed by atoms with van der Waals surface area (Å²) in [5.41, 5.74) is 0. The molecule has 0 heterocycles. The van der Waals surface area contributed by atoms with Gasteiger partial charge in [0.15, 0.2) is 0 Å². The highest BCUT2D eigenvalue weighted by Gasteiger charge is 2.11. The third-order valence-electron chi connectivity index (χ3n) is 1.23. The molecular weight excluding hydrogens is 200 g/mol. The third kappa shape index (κ3) is 1.97. The Morgan fingerprint density at radius 1 is 1.25 bits per heavy atom. The molecule has 0 amide bonds. The molecule has 0 aliphatic rings. The molecule has 12 heavy (non-hydrogen) atoms. The third-order valence-corrected chi connectivity index (χ3v) is 2.58. The average molecular weight is 205 g/mol. The Hall–Kier alpha value is -0.580. The standard InChI is InChI=1S/C7H5ClO3S/c1-11-12(9,10)7-4-2-6(8)3-5-7/h1-5H. The van der Waals surface area contributed by atoms with Crippen LogP contribution in [0.15, 0.2) is 29.2 Å². The minimum Gasteiger partial charge on any atom is -0.257 e. The molecule has 0 saturated heterocycles. The molecule has 2 radical (unpaired) electrons. The first-order chi connectivity index (χ1) is 5.56. The molecule has 5 heteroatoms. The van der Waals surface area contributed by atoms with Gasteiger partial charge < -0.3 is 0 Å². The SMILES string of the molecule is [CH]OS(=O)(=O)c1ccc(Cl)cc1. The minimum absolute atomic E-state index is 0.0191. The Kier molecular flexibility index (Phi) is 2.72. The molecule has 3 nitrogen and oxygen atoms in total. The molecule has 0 aliphatic heterocycles. The quantitative estimate of drug-likeness (QED) is 0.689. The molecule has 0 atom stereocenters. The van der Waals surface area contributed by atoms with Gasteiger partial charge in [0, 0.05) is 5.02 Å². The van der Waals surface area contributed by atoms with Crippen LogP contribution < -0.4 is 0 Å². The van der Waals surface area contributed by atoms with Gasteiger partial charge in [-0.2, -0.15) is 8.42 Å². The van der Waals surface area contributed by atoms with Crippen LogP contribution in [-0.2, 0) is 14.3 Å². The second-order valence-corrected chi connectivity index (χ2v) is 4.01. The van der Waals surface area contributed by atoms with Gasteiger partial charge in [-0.25, -0.2) is 0 Å². The van der Waals surface area contributed by atoms with E-state index < -0.39 is 10.1 Å². The Bertz CT molecular complexity index is 355. The zero-order valence-electron chi connectivity index (χ0n) is 5.90. The summed E-state index contributed by atoms with van der Waals surface area (Å²) in [6, 6.07) is 5.50. The molecule has 0 bridgehead atoms. The van der Waals surface area contributed by atoms with Crippen molar-refractivity contribution in [2.45, 2.75) is 4.90 Å². The van der Waals surface area contributed by atoms with Crippen LogP contribution in [0.3, 0.4) is 0 Å². The van der Waals surface area contributed by atoms with Crippen molar-refractivity contribution in [1.82, 2.24) is 0 Å². The van der Waals surface area contributed by atoms with Crippen molar-refractivity contribution in [2.24, 2.45) is 0 Å². The normalized spacial score (nSPS) is 11.5. The molecule has 1 rings (SSSR count). The predicted molar refractivity (Wildman–Crippen MR) is 44.0 cm³/mol. The molecule has 1 aromatic carbocycles. The molecule has 0 N–H and O–H groups in total. The largest absolute Gasteiger partial charge is 0.297 e. The van der Waals surface area contributed by atoms with Gasteiger partial charge in [0.05, 0.1) is 4.90 Å². The molecule has 64 valence electrons. The summed E-state index contributed by atoms with van der Waals surface area (Å²) in [5, 5.41) is 0.450.